The van der Waals surface area contributed by atoms with Gasteiger partial charge in [0.1, 0.15) is 23.7 Å². The molecule has 0 radical (unpaired) electrons. The normalized spacial score (nSPS) is 14.8. The van der Waals surface area contributed by atoms with Crippen LogP contribution in [0.25, 0.3) is 0 Å². The third-order valence-corrected chi connectivity index (χ3v) is 8.49. The van der Waals surface area contributed by atoms with Crippen LogP contribution in [0.5, 0.6) is 5.75 Å². The molecule has 0 spiro atoms. The van der Waals surface area contributed by atoms with Crippen LogP contribution in [0.4, 0.5) is 10.1 Å². The van der Waals surface area contributed by atoms with Crippen LogP contribution in [0.1, 0.15) is 53.4 Å². The van der Waals surface area contributed by atoms with Crippen LogP contribution in [0.15, 0.2) is 54.7 Å². The van der Waals surface area contributed by atoms with Gasteiger partial charge in [-0.1, -0.05) is 11.6 Å². The number of benzene rings is 2. The number of amides is 1. The van der Waals surface area contributed by atoms with Crippen molar-refractivity contribution < 1.29 is 23.4 Å². The fraction of sp³-hybridized carbons (Fsp3) is 0.455. The Morgan fingerprint density at radius 3 is 2.58 bits per heavy atom. The summed E-state index contributed by atoms with van der Waals surface area (Å²) >= 11 is 6.23. The van der Waals surface area contributed by atoms with Gasteiger partial charge in [0.15, 0.2) is 6.20 Å². The monoisotopic (exact) mass is 612 g/mol. The van der Waals surface area contributed by atoms with E-state index in [1.165, 1.54) is 12.3 Å². The number of nitrogens with zero attached hydrogens (tertiary/aromatic N) is 3. The molecular weight excluding hydrogens is 571 g/mol. The zero-order valence-electron chi connectivity index (χ0n) is 25.4. The summed E-state index contributed by atoms with van der Waals surface area (Å²) in [5, 5.41) is 15.4. The third-order valence-electron chi connectivity index (χ3n) is 8.26. The summed E-state index contributed by atoms with van der Waals surface area (Å²) in [4.78, 5) is 17.5. The van der Waals surface area contributed by atoms with E-state index in [9.17, 15) is 14.4 Å². The number of rotatable bonds is 13. The van der Waals surface area contributed by atoms with E-state index >= 15 is 0 Å². The van der Waals surface area contributed by atoms with Crippen LogP contribution in [0.3, 0.4) is 0 Å². The van der Waals surface area contributed by atoms with E-state index in [4.69, 9.17) is 21.1 Å². The van der Waals surface area contributed by atoms with Gasteiger partial charge >= 0.3 is 0 Å². The Kier molecular flexibility index (Phi) is 11.6. The number of anilines is 1. The van der Waals surface area contributed by atoms with Crippen LogP contribution in [-0.4, -0.2) is 62.8 Å². The summed E-state index contributed by atoms with van der Waals surface area (Å²) in [5.74, 6) is 0.272. The van der Waals surface area contributed by atoms with Crippen LogP contribution >= 0.6 is 11.6 Å². The van der Waals surface area contributed by atoms with E-state index in [0.29, 0.717) is 48.1 Å². The number of hydrogen-bond donors (Lipinski definition) is 1. The van der Waals surface area contributed by atoms with Crippen LogP contribution < -0.4 is 19.7 Å². The maximum Gasteiger partial charge on any atom is 0.257 e. The number of likely N-dealkylation sites (tertiary alicyclic amines) is 1. The predicted octanol–water partition coefficient (Wildman–Crippen LogP) is 5.43. The molecule has 1 N–H and O–H groups in total. The van der Waals surface area contributed by atoms with Gasteiger partial charge in [0.2, 0.25) is 5.69 Å². The van der Waals surface area contributed by atoms with E-state index in [-0.39, 0.29) is 23.8 Å². The van der Waals surface area contributed by atoms with Crippen molar-refractivity contribution in [2.75, 3.05) is 44.9 Å². The molecule has 1 unspecified atom stereocenters. The van der Waals surface area contributed by atoms with E-state index < -0.39 is 0 Å². The molecule has 1 fully saturated rings. The first-order valence-corrected chi connectivity index (χ1v) is 15.2. The smallest absolute Gasteiger partial charge is 0.257 e. The molecule has 1 saturated heterocycles. The summed E-state index contributed by atoms with van der Waals surface area (Å²) in [6.07, 6.45) is 4.04. The van der Waals surface area contributed by atoms with Gasteiger partial charge in [-0.15, -0.1) is 0 Å². The van der Waals surface area contributed by atoms with Crippen molar-refractivity contribution in [3.05, 3.63) is 93.2 Å². The lowest BCUT2D eigenvalue weighted by molar-refractivity contribution is -0.612. The molecule has 1 aliphatic heterocycles. The number of aryl methyl sites for hydroxylation is 1. The van der Waals surface area contributed by atoms with Crippen molar-refractivity contribution in [3.63, 3.8) is 0 Å². The minimum Gasteiger partial charge on any atom is -0.618 e. The second-order valence-corrected chi connectivity index (χ2v) is 11.6. The number of methoxy groups -OCH3 is 1. The Hall–Kier alpha value is -3.40. The van der Waals surface area contributed by atoms with Crippen molar-refractivity contribution in [1.82, 2.24) is 10.2 Å². The van der Waals surface area contributed by atoms with Crippen molar-refractivity contribution in [1.29, 1.82) is 0 Å². The van der Waals surface area contributed by atoms with Gasteiger partial charge in [0, 0.05) is 74.6 Å². The minimum atomic E-state index is -0.270. The zero-order valence-corrected chi connectivity index (χ0v) is 26.2. The van der Waals surface area contributed by atoms with Crippen LogP contribution in [0.2, 0.25) is 5.02 Å². The molecule has 2 aromatic carbocycles. The number of aromatic nitrogens is 1. The number of nitrogens with one attached hydrogen (secondary N) is 1. The van der Waals surface area contributed by atoms with Crippen molar-refractivity contribution in [2.24, 2.45) is 0 Å². The molecule has 8 nitrogen and oxygen atoms in total. The SMILES string of the molecule is COCCOc1ccc(N(Cc2cc(Cl)ccc2F)C2CCN(C(C)CCNC(=O)c3c(C)cc[n+]([O-])c3C)CC2)cc1. The lowest BCUT2D eigenvalue weighted by atomic mass is 9.99. The molecule has 1 amide bonds. The number of pyridine rings is 1. The molecule has 0 bridgehead atoms. The summed E-state index contributed by atoms with van der Waals surface area (Å²) < 4.78 is 26.3. The summed E-state index contributed by atoms with van der Waals surface area (Å²) in [6.45, 7) is 9.37. The quantitative estimate of drug-likeness (QED) is 0.157. The fourth-order valence-electron chi connectivity index (χ4n) is 5.67. The topological polar surface area (TPSA) is 81.0 Å². The Morgan fingerprint density at radius 1 is 1.16 bits per heavy atom. The molecule has 1 aromatic heterocycles. The third kappa shape index (κ3) is 8.59. The van der Waals surface area contributed by atoms with Gasteiger partial charge in [0.05, 0.1) is 6.61 Å². The molecule has 0 saturated carbocycles. The molecule has 0 aliphatic carbocycles. The largest absolute Gasteiger partial charge is 0.618 e. The predicted molar refractivity (Wildman–Crippen MR) is 167 cm³/mol. The molecular formula is C33H42ClFN4O4. The highest BCUT2D eigenvalue weighted by Gasteiger charge is 2.28. The van der Waals surface area contributed by atoms with E-state index in [1.807, 2.05) is 31.2 Å². The van der Waals surface area contributed by atoms with E-state index in [0.717, 1.165) is 54.1 Å². The molecule has 232 valence electrons. The zero-order chi connectivity index (χ0) is 30.9. The molecule has 3 aromatic rings. The van der Waals surface area contributed by atoms with Gasteiger partial charge in [-0.2, -0.15) is 4.73 Å². The van der Waals surface area contributed by atoms with Gasteiger partial charge in [-0.25, -0.2) is 4.39 Å². The number of piperidine rings is 1. The first kappa shape index (κ1) is 32.5. The second kappa shape index (κ2) is 15.4. The number of carbonyl (C=O) groups is 1. The summed E-state index contributed by atoms with van der Waals surface area (Å²) in [7, 11) is 1.64. The fourth-order valence-corrected chi connectivity index (χ4v) is 5.87. The number of ether oxygens (including phenoxy) is 2. The van der Waals surface area contributed by atoms with E-state index in [1.54, 1.807) is 32.2 Å². The van der Waals surface area contributed by atoms with Gasteiger partial charge in [-0.3, -0.25) is 4.79 Å². The summed E-state index contributed by atoms with van der Waals surface area (Å²) in [5.41, 5.74) is 3.19. The number of halogens is 2. The maximum absolute atomic E-state index is 14.8. The highest BCUT2D eigenvalue weighted by Crippen LogP contribution is 2.30. The standard InChI is InChI=1S/C33H42ClFN4O4/c1-23-12-18-39(41)25(3)32(23)33(40)36-15-11-24(2)37-16-13-29(14-17-37)38(22-26-21-27(34)5-10-31(26)35)28-6-8-30(9-7-28)43-20-19-42-4/h5-10,12,18,21,24,29H,11,13-17,19-20,22H2,1-4H3,(H,36,40). The Bertz CT molecular complexity index is 1370. The Labute approximate surface area is 258 Å². The molecule has 4 rings (SSSR count). The van der Waals surface area contributed by atoms with Crippen molar-refractivity contribution >= 4 is 23.2 Å². The second-order valence-electron chi connectivity index (χ2n) is 11.1. The summed E-state index contributed by atoms with van der Waals surface area (Å²) in [6, 6.07) is 14.8. The lowest BCUT2D eigenvalue weighted by Crippen LogP contribution is -2.48. The lowest BCUT2D eigenvalue weighted by Gasteiger charge is -2.42. The van der Waals surface area contributed by atoms with Crippen molar-refractivity contribution in [2.45, 2.75) is 58.7 Å². The van der Waals surface area contributed by atoms with Gasteiger partial charge in [0.25, 0.3) is 5.91 Å². The average Bonchev–Trinajstić information content (AvgIpc) is 3.00. The highest BCUT2D eigenvalue weighted by atomic mass is 35.5. The van der Waals surface area contributed by atoms with Gasteiger partial charge < -0.3 is 29.8 Å². The van der Waals surface area contributed by atoms with E-state index in [2.05, 4.69) is 22.0 Å². The molecule has 1 aliphatic rings. The highest BCUT2D eigenvalue weighted by molar-refractivity contribution is 6.30. The molecule has 2 heterocycles. The molecule has 10 heteroatoms. The Morgan fingerprint density at radius 2 is 1.88 bits per heavy atom. The maximum atomic E-state index is 14.8. The molecule has 43 heavy (non-hydrogen) atoms. The minimum absolute atomic E-state index is 0.213. The first-order chi connectivity index (χ1) is 20.7. The van der Waals surface area contributed by atoms with Crippen LogP contribution in [0, 0.1) is 24.9 Å². The number of hydrogen-bond acceptors (Lipinski definition) is 6. The first-order valence-electron chi connectivity index (χ1n) is 14.8. The van der Waals surface area contributed by atoms with Crippen molar-refractivity contribution in [3.8, 4) is 5.75 Å². The molecule has 1 atom stereocenters. The van der Waals surface area contributed by atoms with Crippen LogP contribution in [-0.2, 0) is 11.3 Å². The Balaban J connectivity index is 1.37. The van der Waals surface area contributed by atoms with Gasteiger partial charge in [-0.05, 0) is 81.1 Å². The number of carbonyl (C=O) groups excluding carboxylic acids is 1. The average molecular weight is 613 g/mol.